The minimum absolute atomic E-state index is 0.571. The summed E-state index contributed by atoms with van der Waals surface area (Å²) < 4.78 is 0. The highest BCUT2D eigenvalue weighted by Crippen LogP contribution is 2.37. The van der Waals surface area contributed by atoms with Gasteiger partial charge in [0.2, 0.25) is 0 Å². The number of aromatic nitrogens is 1. The first-order chi connectivity index (χ1) is 8.11. The van der Waals surface area contributed by atoms with Gasteiger partial charge in [0.15, 0.2) is 5.13 Å². The monoisotopic (exact) mass is 254 g/mol. The SMILES string of the molecule is CCc1csc(N2CCC(CC)(C(=O)O)C2)n1. The number of nitrogens with zero attached hydrogens (tertiary/aromatic N) is 2. The Hall–Kier alpha value is -1.10. The van der Waals surface area contributed by atoms with Crippen LogP contribution in [0.4, 0.5) is 5.13 Å². The third kappa shape index (κ3) is 2.16. The average molecular weight is 254 g/mol. The smallest absolute Gasteiger partial charge is 0.311 e. The van der Waals surface area contributed by atoms with Crippen LogP contribution < -0.4 is 4.90 Å². The van der Waals surface area contributed by atoms with Gasteiger partial charge in [0, 0.05) is 18.5 Å². The van der Waals surface area contributed by atoms with Crippen molar-refractivity contribution in [1.82, 2.24) is 4.98 Å². The van der Waals surface area contributed by atoms with Crippen LogP contribution >= 0.6 is 11.3 Å². The zero-order chi connectivity index (χ0) is 12.5. The van der Waals surface area contributed by atoms with Crippen LogP contribution in [-0.2, 0) is 11.2 Å². The molecule has 4 nitrogen and oxygen atoms in total. The summed E-state index contributed by atoms with van der Waals surface area (Å²) in [6.45, 7) is 5.43. The van der Waals surface area contributed by atoms with E-state index in [0.29, 0.717) is 13.0 Å². The highest BCUT2D eigenvalue weighted by molar-refractivity contribution is 7.13. The fraction of sp³-hybridized carbons (Fsp3) is 0.667. The second-order valence-electron chi connectivity index (χ2n) is 4.59. The van der Waals surface area contributed by atoms with E-state index in [-0.39, 0.29) is 0 Å². The van der Waals surface area contributed by atoms with Crippen LogP contribution in [0.25, 0.3) is 0 Å². The summed E-state index contributed by atoms with van der Waals surface area (Å²) in [6, 6.07) is 0. The van der Waals surface area contributed by atoms with E-state index in [1.165, 1.54) is 0 Å². The van der Waals surface area contributed by atoms with E-state index in [1.54, 1.807) is 11.3 Å². The third-order valence-corrected chi connectivity index (χ3v) is 4.61. The number of rotatable bonds is 4. The highest BCUT2D eigenvalue weighted by Gasteiger charge is 2.43. The summed E-state index contributed by atoms with van der Waals surface area (Å²) in [5, 5.41) is 12.4. The quantitative estimate of drug-likeness (QED) is 0.896. The summed E-state index contributed by atoms with van der Waals surface area (Å²) in [4.78, 5) is 18.0. The lowest BCUT2D eigenvalue weighted by atomic mass is 9.84. The van der Waals surface area contributed by atoms with E-state index >= 15 is 0 Å². The van der Waals surface area contributed by atoms with Gasteiger partial charge in [-0.05, 0) is 19.3 Å². The van der Waals surface area contributed by atoms with Crippen LogP contribution in [0.3, 0.4) is 0 Å². The molecule has 0 saturated carbocycles. The van der Waals surface area contributed by atoms with Gasteiger partial charge in [0.05, 0.1) is 11.1 Å². The van der Waals surface area contributed by atoms with Crippen molar-refractivity contribution < 1.29 is 9.90 Å². The summed E-state index contributed by atoms with van der Waals surface area (Å²) in [7, 11) is 0. The molecule has 1 aromatic rings. The molecule has 0 amide bonds. The van der Waals surface area contributed by atoms with Crippen molar-refractivity contribution >= 4 is 22.4 Å². The lowest BCUT2D eigenvalue weighted by Gasteiger charge is -2.22. The molecule has 0 radical (unpaired) electrons. The zero-order valence-corrected chi connectivity index (χ0v) is 11.1. The van der Waals surface area contributed by atoms with Gasteiger partial charge in [-0.25, -0.2) is 4.98 Å². The molecule has 5 heteroatoms. The zero-order valence-electron chi connectivity index (χ0n) is 10.3. The van der Waals surface area contributed by atoms with E-state index in [1.807, 2.05) is 6.92 Å². The minimum atomic E-state index is -0.672. The maximum absolute atomic E-state index is 11.3. The van der Waals surface area contributed by atoms with E-state index in [9.17, 15) is 9.90 Å². The molecule has 0 spiro atoms. The highest BCUT2D eigenvalue weighted by atomic mass is 32.1. The largest absolute Gasteiger partial charge is 0.481 e. The lowest BCUT2D eigenvalue weighted by molar-refractivity contribution is -0.147. The van der Waals surface area contributed by atoms with E-state index in [4.69, 9.17) is 0 Å². The second kappa shape index (κ2) is 4.64. The van der Waals surface area contributed by atoms with Gasteiger partial charge in [-0.15, -0.1) is 11.3 Å². The molecule has 1 fully saturated rings. The standard InChI is InChI=1S/C12H18N2O2S/c1-3-9-7-17-11(13-9)14-6-5-12(4-2,8-14)10(15)16/h7H,3-6,8H2,1-2H3,(H,15,16). The first-order valence-electron chi connectivity index (χ1n) is 6.04. The molecule has 1 aliphatic rings. The van der Waals surface area contributed by atoms with E-state index in [2.05, 4.69) is 22.2 Å². The molecule has 1 aromatic heterocycles. The Bertz CT molecular complexity index is 418. The Balaban J connectivity index is 2.14. The van der Waals surface area contributed by atoms with Gasteiger partial charge in [0.25, 0.3) is 0 Å². The van der Waals surface area contributed by atoms with Crippen molar-refractivity contribution in [1.29, 1.82) is 0 Å². The Labute approximate surface area is 105 Å². The maximum atomic E-state index is 11.3. The van der Waals surface area contributed by atoms with Gasteiger partial charge in [-0.3, -0.25) is 4.79 Å². The molecule has 2 heterocycles. The number of carboxylic acid groups (broad SMARTS) is 1. The van der Waals surface area contributed by atoms with Crippen LogP contribution in [-0.4, -0.2) is 29.1 Å². The topological polar surface area (TPSA) is 53.4 Å². The molecular weight excluding hydrogens is 236 g/mol. The summed E-state index contributed by atoms with van der Waals surface area (Å²) in [5.41, 5.74) is 0.521. The van der Waals surface area contributed by atoms with Crippen LogP contribution in [0.2, 0.25) is 0 Å². The molecule has 1 unspecified atom stereocenters. The number of aliphatic carboxylic acids is 1. The van der Waals surface area contributed by atoms with Crippen molar-refractivity contribution in [2.24, 2.45) is 5.41 Å². The maximum Gasteiger partial charge on any atom is 0.311 e. The molecule has 2 rings (SSSR count). The summed E-state index contributed by atoms with van der Waals surface area (Å²) in [6.07, 6.45) is 2.34. The van der Waals surface area contributed by atoms with Crippen molar-refractivity contribution in [3.63, 3.8) is 0 Å². The molecule has 0 aliphatic carbocycles. The van der Waals surface area contributed by atoms with Crippen molar-refractivity contribution in [2.75, 3.05) is 18.0 Å². The number of hydrogen-bond acceptors (Lipinski definition) is 4. The first kappa shape index (κ1) is 12.4. The van der Waals surface area contributed by atoms with Crippen molar-refractivity contribution in [3.8, 4) is 0 Å². The molecule has 1 saturated heterocycles. The number of carbonyl (C=O) groups is 1. The number of hydrogen-bond donors (Lipinski definition) is 1. The Morgan fingerprint density at radius 3 is 2.88 bits per heavy atom. The molecule has 1 aliphatic heterocycles. The van der Waals surface area contributed by atoms with E-state index < -0.39 is 11.4 Å². The van der Waals surface area contributed by atoms with Crippen molar-refractivity contribution in [2.45, 2.75) is 33.1 Å². The molecule has 1 N–H and O–H groups in total. The fourth-order valence-electron chi connectivity index (χ4n) is 2.25. The fourth-order valence-corrected chi connectivity index (χ4v) is 3.19. The molecule has 17 heavy (non-hydrogen) atoms. The molecule has 0 aromatic carbocycles. The predicted octanol–water partition coefficient (Wildman–Crippen LogP) is 2.40. The predicted molar refractivity (Wildman–Crippen MR) is 68.7 cm³/mol. The van der Waals surface area contributed by atoms with Crippen LogP contribution in [0.1, 0.15) is 32.4 Å². The minimum Gasteiger partial charge on any atom is -0.481 e. The number of carboxylic acids is 1. The van der Waals surface area contributed by atoms with Gasteiger partial charge in [-0.2, -0.15) is 0 Å². The van der Waals surface area contributed by atoms with Crippen LogP contribution in [0.15, 0.2) is 5.38 Å². The van der Waals surface area contributed by atoms with Crippen LogP contribution in [0.5, 0.6) is 0 Å². The average Bonchev–Trinajstić information content (AvgIpc) is 2.96. The summed E-state index contributed by atoms with van der Waals surface area (Å²) >= 11 is 1.62. The second-order valence-corrected chi connectivity index (χ2v) is 5.42. The molecule has 1 atom stereocenters. The van der Waals surface area contributed by atoms with Gasteiger partial charge in [0.1, 0.15) is 0 Å². The third-order valence-electron chi connectivity index (χ3n) is 3.66. The number of thiazole rings is 1. The normalized spacial score (nSPS) is 24.2. The molecular formula is C12H18N2O2S. The van der Waals surface area contributed by atoms with Gasteiger partial charge >= 0.3 is 5.97 Å². The molecule has 94 valence electrons. The van der Waals surface area contributed by atoms with Gasteiger partial charge in [-0.1, -0.05) is 13.8 Å². The Kier molecular flexibility index (Phi) is 3.38. The Morgan fingerprint density at radius 1 is 1.65 bits per heavy atom. The first-order valence-corrected chi connectivity index (χ1v) is 6.92. The lowest BCUT2D eigenvalue weighted by Crippen LogP contribution is -2.34. The summed E-state index contributed by atoms with van der Waals surface area (Å²) in [5.74, 6) is -0.672. The number of anilines is 1. The van der Waals surface area contributed by atoms with Crippen LogP contribution in [0, 0.1) is 5.41 Å². The molecule has 0 bridgehead atoms. The van der Waals surface area contributed by atoms with E-state index in [0.717, 1.165) is 30.2 Å². The van der Waals surface area contributed by atoms with Crippen molar-refractivity contribution in [3.05, 3.63) is 11.1 Å². The number of aryl methyl sites for hydroxylation is 1. The van der Waals surface area contributed by atoms with Gasteiger partial charge < -0.3 is 10.0 Å². The Morgan fingerprint density at radius 2 is 2.41 bits per heavy atom.